The number of thiazole rings is 1. The summed E-state index contributed by atoms with van der Waals surface area (Å²) >= 11 is 1.56. The number of nitrogens with zero attached hydrogens (tertiary/aromatic N) is 1. The fraction of sp³-hybridized carbons (Fsp3) is 0.375. The maximum Gasteiger partial charge on any atom is 0.231 e. The summed E-state index contributed by atoms with van der Waals surface area (Å²) in [7, 11) is 0. The van der Waals surface area contributed by atoms with Crippen molar-refractivity contribution in [2.24, 2.45) is 11.7 Å². The summed E-state index contributed by atoms with van der Waals surface area (Å²) in [4.78, 5) is 16.9. The van der Waals surface area contributed by atoms with Gasteiger partial charge in [-0.25, -0.2) is 4.98 Å². The second-order valence-electron chi connectivity index (χ2n) is 5.69. The molecule has 22 heavy (non-hydrogen) atoms. The lowest BCUT2D eigenvalue weighted by Crippen LogP contribution is -2.13. The number of aromatic nitrogens is 1. The van der Waals surface area contributed by atoms with Crippen LogP contribution in [-0.4, -0.2) is 17.7 Å². The number of carbonyl (C=O) groups excluding carboxylic acids is 1. The molecular weight excluding hydrogens is 300 g/mol. The summed E-state index contributed by atoms with van der Waals surface area (Å²) in [5.74, 6) is 1.64. The number of benzene rings is 1. The average molecular weight is 318 g/mol. The summed E-state index contributed by atoms with van der Waals surface area (Å²) in [6.45, 7) is 4.58. The first kappa shape index (κ1) is 14.8. The van der Waals surface area contributed by atoms with Gasteiger partial charge in [-0.05, 0) is 30.5 Å². The average Bonchev–Trinajstić information content (AvgIpc) is 3.03. The molecule has 2 aromatic rings. The van der Waals surface area contributed by atoms with E-state index in [0.29, 0.717) is 5.92 Å². The molecule has 6 heteroatoms. The molecule has 1 aliphatic heterocycles. The van der Waals surface area contributed by atoms with Gasteiger partial charge in [0.1, 0.15) is 5.01 Å². The molecule has 5 nitrogen and oxygen atoms in total. The van der Waals surface area contributed by atoms with E-state index in [2.05, 4.69) is 18.8 Å². The Morgan fingerprint density at radius 3 is 2.86 bits per heavy atom. The second kappa shape index (κ2) is 5.96. The van der Waals surface area contributed by atoms with Gasteiger partial charge in [0.15, 0.2) is 11.5 Å². The van der Waals surface area contributed by atoms with Gasteiger partial charge in [-0.15, -0.1) is 11.3 Å². The molecule has 0 bridgehead atoms. The van der Waals surface area contributed by atoms with Gasteiger partial charge in [-0.2, -0.15) is 0 Å². The van der Waals surface area contributed by atoms with Crippen LogP contribution in [0, 0.1) is 5.92 Å². The van der Waals surface area contributed by atoms with E-state index < -0.39 is 0 Å². The molecule has 0 atom stereocenters. The van der Waals surface area contributed by atoms with Crippen LogP contribution in [0.1, 0.15) is 23.7 Å². The van der Waals surface area contributed by atoms with Crippen molar-refractivity contribution < 1.29 is 14.3 Å². The number of rotatable bonds is 5. The Kier molecular flexibility index (Phi) is 4.02. The number of ether oxygens (including phenoxy) is 2. The standard InChI is InChI=1S/C16H18N2O3S/c1-9(2)5-13-16(18-15(22-13)7-14(17)19)10-3-4-11-12(6-10)21-8-20-11/h3-4,6,9H,5,7-8H2,1-2H3,(H2,17,19). The minimum Gasteiger partial charge on any atom is -0.454 e. The highest BCUT2D eigenvalue weighted by Crippen LogP contribution is 2.38. The van der Waals surface area contributed by atoms with Crippen molar-refractivity contribution in [3.05, 3.63) is 28.1 Å². The van der Waals surface area contributed by atoms with Crippen molar-refractivity contribution in [3.8, 4) is 22.8 Å². The quantitative estimate of drug-likeness (QED) is 0.920. The van der Waals surface area contributed by atoms with Gasteiger partial charge >= 0.3 is 0 Å². The Balaban J connectivity index is 2.00. The van der Waals surface area contributed by atoms with Crippen LogP contribution in [0.5, 0.6) is 11.5 Å². The van der Waals surface area contributed by atoms with E-state index in [1.54, 1.807) is 11.3 Å². The zero-order valence-corrected chi connectivity index (χ0v) is 13.4. The van der Waals surface area contributed by atoms with Crippen LogP contribution >= 0.6 is 11.3 Å². The molecule has 1 aromatic heterocycles. The second-order valence-corrected chi connectivity index (χ2v) is 6.86. The third-order valence-electron chi connectivity index (χ3n) is 3.31. The van der Waals surface area contributed by atoms with Crippen molar-refractivity contribution in [1.29, 1.82) is 0 Å². The number of nitrogens with two attached hydrogens (primary N) is 1. The Hall–Kier alpha value is -2.08. The van der Waals surface area contributed by atoms with Gasteiger partial charge in [0.05, 0.1) is 12.1 Å². The molecule has 2 N–H and O–H groups in total. The third-order valence-corrected chi connectivity index (χ3v) is 4.38. The van der Waals surface area contributed by atoms with Gasteiger partial charge in [0.2, 0.25) is 12.7 Å². The minimum atomic E-state index is -0.359. The molecule has 0 fully saturated rings. The van der Waals surface area contributed by atoms with Gasteiger partial charge in [-0.1, -0.05) is 13.8 Å². The highest BCUT2D eigenvalue weighted by molar-refractivity contribution is 7.12. The fourth-order valence-corrected chi connectivity index (χ4v) is 3.72. The van der Waals surface area contributed by atoms with Crippen LogP contribution < -0.4 is 15.2 Å². The van der Waals surface area contributed by atoms with E-state index in [1.807, 2.05) is 18.2 Å². The Morgan fingerprint density at radius 1 is 1.36 bits per heavy atom. The largest absolute Gasteiger partial charge is 0.454 e. The monoisotopic (exact) mass is 318 g/mol. The summed E-state index contributed by atoms with van der Waals surface area (Å²) < 4.78 is 10.8. The summed E-state index contributed by atoms with van der Waals surface area (Å²) in [6, 6.07) is 5.81. The number of hydrogen-bond donors (Lipinski definition) is 1. The molecule has 1 aliphatic rings. The summed E-state index contributed by atoms with van der Waals surface area (Å²) in [5.41, 5.74) is 7.18. The molecule has 1 aromatic carbocycles. The topological polar surface area (TPSA) is 74.4 Å². The van der Waals surface area contributed by atoms with E-state index in [0.717, 1.165) is 34.2 Å². The van der Waals surface area contributed by atoms with E-state index in [9.17, 15) is 4.79 Å². The van der Waals surface area contributed by atoms with Gasteiger partial charge in [0.25, 0.3) is 0 Å². The molecular formula is C16H18N2O3S. The van der Waals surface area contributed by atoms with Gasteiger partial charge in [-0.3, -0.25) is 4.79 Å². The zero-order valence-electron chi connectivity index (χ0n) is 12.6. The maximum absolute atomic E-state index is 11.2. The number of carbonyl (C=O) groups is 1. The molecule has 0 unspecified atom stereocenters. The first-order valence-electron chi connectivity index (χ1n) is 7.20. The van der Waals surface area contributed by atoms with Crippen LogP contribution in [0.2, 0.25) is 0 Å². The van der Waals surface area contributed by atoms with Crippen LogP contribution in [-0.2, 0) is 17.6 Å². The van der Waals surface area contributed by atoms with Crippen molar-refractivity contribution in [2.45, 2.75) is 26.7 Å². The molecule has 116 valence electrons. The molecule has 0 spiro atoms. The Labute approximate surface area is 133 Å². The SMILES string of the molecule is CC(C)Cc1sc(CC(N)=O)nc1-c1ccc2c(c1)OCO2. The van der Waals surface area contributed by atoms with Crippen molar-refractivity contribution in [1.82, 2.24) is 4.98 Å². The lowest BCUT2D eigenvalue weighted by Gasteiger charge is -2.06. The molecule has 3 rings (SSSR count). The summed E-state index contributed by atoms with van der Waals surface area (Å²) in [5, 5.41) is 0.760. The Bertz CT molecular complexity index is 709. The van der Waals surface area contributed by atoms with Crippen LogP contribution in [0.15, 0.2) is 18.2 Å². The lowest BCUT2D eigenvalue weighted by molar-refractivity contribution is -0.117. The number of primary amides is 1. The third kappa shape index (κ3) is 3.06. The Morgan fingerprint density at radius 2 is 2.14 bits per heavy atom. The number of hydrogen-bond acceptors (Lipinski definition) is 5. The fourth-order valence-electron chi connectivity index (χ4n) is 2.40. The first-order valence-corrected chi connectivity index (χ1v) is 8.01. The highest BCUT2D eigenvalue weighted by Gasteiger charge is 2.19. The van der Waals surface area contributed by atoms with E-state index in [4.69, 9.17) is 15.2 Å². The van der Waals surface area contributed by atoms with E-state index >= 15 is 0 Å². The highest BCUT2D eigenvalue weighted by atomic mass is 32.1. The van der Waals surface area contributed by atoms with Crippen molar-refractivity contribution in [2.75, 3.05) is 6.79 Å². The number of fused-ring (bicyclic) bond motifs is 1. The molecule has 0 aliphatic carbocycles. The lowest BCUT2D eigenvalue weighted by atomic mass is 10.0. The molecule has 0 radical (unpaired) electrons. The van der Waals surface area contributed by atoms with E-state index in [-0.39, 0.29) is 19.1 Å². The minimum absolute atomic E-state index is 0.181. The van der Waals surface area contributed by atoms with E-state index in [1.165, 1.54) is 4.88 Å². The van der Waals surface area contributed by atoms with Gasteiger partial charge < -0.3 is 15.2 Å². The molecule has 0 saturated carbocycles. The van der Waals surface area contributed by atoms with Crippen molar-refractivity contribution in [3.63, 3.8) is 0 Å². The predicted octanol–water partition coefficient (Wildman–Crippen LogP) is 2.77. The molecule has 1 amide bonds. The first-order chi connectivity index (χ1) is 10.5. The molecule has 2 heterocycles. The van der Waals surface area contributed by atoms with Gasteiger partial charge in [0, 0.05) is 10.4 Å². The molecule has 0 saturated heterocycles. The van der Waals surface area contributed by atoms with Crippen LogP contribution in [0.3, 0.4) is 0 Å². The smallest absolute Gasteiger partial charge is 0.231 e. The number of amides is 1. The normalized spacial score (nSPS) is 12.9. The summed E-state index contributed by atoms with van der Waals surface area (Å²) in [6.07, 6.45) is 1.10. The zero-order chi connectivity index (χ0) is 15.7. The van der Waals surface area contributed by atoms with Crippen molar-refractivity contribution >= 4 is 17.2 Å². The maximum atomic E-state index is 11.2. The van der Waals surface area contributed by atoms with Crippen LogP contribution in [0.25, 0.3) is 11.3 Å². The predicted molar refractivity (Wildman–Crippen MR) is 85.1 cm³/mol. The van der Waals surface area contributed by atoms with Crippen LogP contribution in [0.4, 0.5) is 0 Å².